The number of unbranched alkanes of at least 4 members (excludes halogenated alkanes) is 13. The Hall–Kier alpha value is 0.790. The first kappa shape index (κ1) is 35.0. The molecule has 32 heavy (non-hydrogen) atoms. The zero-order chi connectivity index (χ0) is 23.4. The van der Waals surface area contributed by atoms with Gasteiger partial charge in [-0.3, -0.25) is 14.0 Å². The average Bonchev–Trinajstić information content (AvgIpc) is 2.72. The predicted octanol–water partition coefficient (Wildman–Crippen LogP) is 3.38. The van der Waals surface area contributed by atoms with Gasteiger partial charge in [0.15, 0.2) is 0 Å². The molecule has 1 heterocycles. The monoisotopic (exact) mass is 487 g/mol. The summed E-state index contributed by atoms with van der Waals surface area (Å²) in [6, 6.07) is 0. The van der Waals surface area contributed by atoms with E-state index >= 15 is 0 Å². The van der Waals surface area contributed by atoms with E-state index in [1.807, 2.05) is 0 Å². The molecule has 0 spiro atoms. The maximum absolute atomic E-state index is 8.74. The van der Waals surface area contributed by atoms with Gasteiger partial charge in [0, 0.05) is 19.2 Å². The first-order valence-corrected chi connectivity index (χ1v) is 14.0. The Bertz CT molecular complexity index is 485. The summed E-state index contributed by atoms with van der Waals surface area (Å²) in [6.07, 6.45) is 21.6. The Morgan fingerprint density at radius 1 is 0.875 bits per heavy atom. The normalized spacial score (nSPS) is 17.8. The van der Waals surface area contributed by atoms with Gasteiger partial charge in [-0.25, -0.2) is 0 Å². The van der Waals surface area contributed by atoms with Crippen LogP contribution in [0, 0.1) is 12.8 Å². The number of nitrogens with zero attached hydrogens (tertiary/aromatic N) is 1. The largest absolute Gasteiger partial charge is 1.00 e. The van der Waals surface area contributed by atoms with Crippen molar-refractivity contribution in [3.63, 3.8) is 0 Å². The van der Waals surface area contributed by atoms with Crippen LogP contribution in [0.5, 0.6) is 0 Å². The maximum Gasteiger partial charge on any atom is 1.00 e. The van der Waals surface area contributed by atoms with Crippen LogP contribution < -0.4 is 29.6 Å². The zero-order valence-electron chi connectivity index (χ0n) is 21.3. The van der Waals surface area contributed by atoms with Crippen molar-refractivity contribution in [3.05, 3.63) is 6.92 Å². The first-order valence-electron chi connectivity index (χ1n) is 12.6. The van der Waals surface area contributed by atoms with E-state index in [-0.39, 0.29) is 29.6 Å². The van der Waals surface area contributed by atoms with Gasteiger partial charge in [-0.05, 0) is 6.54 Å². The number of hydrogen-bond acceptors (Lipinski definition) is 4. The van der Waals surface area contributed by atoms with Crippen molar-refractivity contribution in [1.29, 1.82) is 0 Å². The summed E-state index contributed by atoms with van der Waals surface area (Å²) in [5.41, 5.74) is 0. The summed E-state index contributed by atoms with van der Waals surface area (Å²) in [4.78, 5) is 2.50. The van der Waals surface area contributed by atoms with Gasteiger partial charge in [0.1, 0.15) is 0 Å². The molecule has 1 saturated heterocycles. The van der Waals surface area contributed by atoms with E-state index in [4.69, 9.17) is 22.3 Å². The van der Waals surface area contributed by atoms with Crippen molar-refractivity contribution in [3.8, 4) is 0 Å². The number of ether oxygens (including phenoxy) is 1. The summed E-state index contributed by atoms with van der Waals surface area (Å²) in [7, 11) is -4.67. The second kappa shape index (κ2) is 23.5. The standard InChI is InChI=1S/C24H48NO.Na.H2O4S/c1-4-6-7-8-9-10-11-12-13-14-15-16-17-18-19-23(3)24-22-25(5-2)20-21-26-24;;1-5(2,3)4/h23-24H,3-22H2,1-2H3;;(H2,1,2,3,4)/q-1;+1;. The molecule has 0 amide bonds. The molecular formula is C24H50NNaO5S. The van der Waals surface area contributed by atoms with E-state index < -0.39 is 10.4 Å². The number of morpholine rings is 1. The summed E-state index contributed by atoms with van der Waals surface area (Å²) in [5.74, 6) is 0.474. The summed E-state index contributed by atoms with van der Waals surface area (Å²) >= 11 is 0. The van der Waals surface area contributed by atoms with E-state index in [0.29, 0.717) is 12.0 Å². The van der Waals surface area contributed by atoms with Gasteiger partial charge in [0.2, 0.25) is 0 Å². The second-order valence-corrected chi connectivity index (χ2v) is 9.79. The quantitative estimate of drug-likeness (QED) is 0.142. The third-order valence-corrected chi connectivity index (χ3v) is 6.08. The molecule has 6 nitrogen and oxygen atoms in total. The molecule has 2 unspecified atom stereocenters. The molecule has 188 valence electrons. The molecule has 1 fully saturated rings. The summed E-state index contributed by atoms with van der Waals surface area (Å²) in [5, 5.41) is 0. The van der Waals surface area contributed by atoms with Gasteiger partial charge in [0.25, 0.3) is 0 Å². The fourth-order valence-electron chi connectivity index (χ4n) is 4.09. The van der Waals surface area contributed by atoms with E-state index in [1.165, 1.54) is 96.3 Å². The van der Waals surface area contributed by atoms with Crippen LogP contribution >= 0.6 is 0 Å². The minimum atomic E-state index is -4.67. The molecule has 1 rings (SSSR count). The summed E-state index contributed by atoms with van der Waals surface area (Å²) in [6.45, 7) is 13.1. The molecule has 0 radical (unpaired) electrons. The molecule has 1 aliphatic heterocycles. The SMILES string of the molecule is O=S(=O)(O)O.[CH2-]C(CCCCCCCCCCCCCCCC)C1CN(CC)CCO1.[Na+]. The fourth-order valence-corrected chi connectivity index (χ4v) is 4.09. The molecular weight excluding hydrogens is 437 g/mol. The third kappa shape index (κ3) is 25.4. The Balaban J connectivity index is 0. The van der Waals surface area contributed by atoms with Crippen LogP contribution in [0.1, 0.15) is 110 Å². The van der Waals surface area contributed by atoms with Crippen molar-refractivity contribution in [2.45, 2.75) is 116 Å². The fraction of sp³-hybridized carbons (Fsp3) is 0.958. The van der Waals surface area contributed by atoms with E-state index in [1.54, 1.807) is 0 Å². The minimum absolute atomic E-state index is 0. The smallest absolute Gasteiger partial charge is 0.378 e. The van der Waals surface area contributed by atoms with Gasteiger partial charge < -0.3 is 11.7 Å². The Labute approximate surface area is 221 Å². The van der Waals surface area contributed by atoms with Gasteiger partial charge in [-0.15, -0.1) is 5.92 Å². The van der Waals surface area contributed by atoms with Crippen molar-refractivity contribution >= 4 is 10.4 Å². The van der Waals surface area contributed by atoms with Crippen LogP contribution in [0.4, 0.5) is 0 Å². The molecule has 2 atom stereocenters. The van der Waals surface area contributed by atoms with Crippen LogP contribution in [-0.2, 0) is 15.1 Å². The molecule has 0 aliphatic carbocycles. The third-order valence-electron chi connectivity index (χ3n) is 6.08. The molecule has 0 aromatic carbocycles. The van der Waals surface area contributed by atoms with E-state index in [9.17, 15) is 0 Å². The van der Waals surface area contributed by atoms with Gasteiger partial charge in [0.05, 0.1) is 6.61 Å². The van der Waals surface area contributed by atoms with E-state index in [0.717, 1.165) is 26.2 Å². The number of likely N-dealkylation sites (N-methyl/N-ethyl adjacent to an activating group) is 1. The average molecular weight is 488 g/mol. The van der Waals surface area contributed by atoms with E-state index in [2.05, 4.69) is 25.7 Å². The molecule has 0 bridgehead atoms. The van der Waals surface area contributed by atoms with Crippen LogP contribution in [0.3, 0.4) is 0 Å². The Kier molecular flexibility index (Phi) is 25.7. The number of rotatable bonds is 17. The van der Waals surface area contributed by atoms with Crippen LogP contribution in [0.15, 0.2) is 0 Å². The topological polar surface area (TPSA) is 87.1 Å². The molecule has 8 heteroatoms. The maximum atomic E-state index is 8.74. The van der Waals surface area contributed by atoms with Crippen LogP contribution in [0.2, 0.25) is 0 Å². The number of hydrogen-bond donors (Lipinski definition) is 2. The van der Waals surface area contributed by atoms with Gasteiger partial charge >= 0.3 is 40.0 Å². The molecule has 0 aromatic rings. The van der Waals surface area contributed by atoms with Crippen molar-refractivity contribution in [2.24, 2.45) is 5.92 Å². The molecule has 1 aliphatic rings. The predicted molar refractivity (Wildman–Crippen MR) is 130 cm³/mol. The summed E-state index contributed by atoms with van der Waals surface area (Å²) < 4.78 is 37.5. The van der Waals surface area contributed by atoms with Gasteiger partial charge in [-0.2, -0.15) is 8.42 Å². The van der Waals surface area contributed by atoms with Crippen molar-refractivity contribution < 1.29 is 51.8 Å². The minimum Gasteiger partial charge on any atom is -0.378 e. The molecule has 0 saturated carbocycles. The zero-order valence-corrected chi connectivity index (χ0v) is 24.1. The molecule has 0 aromatic heterocycles. The molecule has 2 N–H and O–H groups in total. The Morgan fingerprint density at radius 3 is 1.69 bits per heavy atom. The van der Waals surface area contributed by atoms with Gasteiger partial charge in [-0.1, -0.05) is 110 Å². The second-order valence-electron chi connectivity index (χ2n) is 8.90. The van der Waals surface area contributed by atoms with Crippen LogP contribution in [-0.4, -0.2) is 54.8 Å². The van der Waals surface area contributed by atoms with Crippen molar-refractivity contribution in [2.75, 3.05) is 26.2 Å². The van der Waals surface area contributed by atoms with Crippen molar-refractivity contribution in [1.82, 2.24) is 4.90 Å². The first-order chi connectivity index (χ1) is 14.8. The Morgan fingerprint density at radius 2 is 1.28 bits per heavy atom. The van der Waals surface area contributed by atoms with Crippen LogP contribution in [0.25, 0.3) is 0 Å².